The van der Waals surface area contributed by atoms with Crippen LogP contribution < -0.4 is 9.47 Å². The van der Waals surface area contributed by atoms with E-state index < -0.39 is 0 Å². The fourth-order valence-corrected chi connectivity index (χ4v) is 2.45. The minimum absolute atomic E-state index is 0.0512. The average Bonchev–Trinajstić information content (AvgIpc) is 2.72. The zero-order valence-electron chi connectivity index (χ0n) is 10.9. The smallest absolute Gasteiger partial charge is 0.191 e. The van der Waals surface area contributed by atoms with Gasteiger partial charge in [0.15, 0.2) is 17.3 Å². The summed E-state index contributed by atoms with van der Waals surface area (Å²) in [7, 11) is 0. The highest BCUT2D eigenvalue weighted by atomic mass is 16.5. The fraction of sp³-hybridized carbons (Fsp3) is 0.533. The van der Waals surface area contributed by atoms with E-state index in [1.807, 2.05) is 6.07 Å². The summed E-state index contributed by atoms with van der Waals surface area (Å²) in [5.41, 5.74) is 0.649. The highest BCUT2D eigenvalue weighted by Gasteiger charge is 2.24. The van der Waals surface area contributed by atoms with E-state index in [-0.39, 0.29) is 11.9 Å². The van der Waals surface area contributed by atoms with Crippen molar-refractivity contribution in [2.24, 2.45) is 0 Å². The van der Waals surface area contributed by atoms with Gasteiger partial charge < -0.3 is 14.2 Å². The molecule has 0 saturated carbocycles. The molecule has 1 aromatic carbocycles. The van der Waals surface area contributed by atoms with Gasteiger partial charge in [-0.15, -0.1) is 0 Å². The highest BCUT2D eigenvalue weighted by Crippen LogP contribution is 2.31. The lowest BCUT2D eigenvalue weighted by molar-refractivity contribution is 0.0186. The molecule has 0 radical (unpaired) electrons. The molecule has 19 heavy (non-hydrogen) atoms. The molecular weight excluding hydrogens is 244 g/mol. The zero-order valence-corrected chi connectivity index (χ0v) is 10.9. The van der Waals surface area contributed by atoms with Gasteiger partial charge in [0.25, 0.3) is 0 Å². The van der Waals surface area contributed by atoms with E-state index in [1.165, 1.54) is 0 Å². The summed E-state index contributed by atoms with van der Waals surface area (Å²) in [5, 5.41) is 0. The summed E-state index contributed by atoms with van der Waals surface area (Å²) in [6.45, 7) is 1.97. The van der Waals surface area contributed by atoms with Crippen LogP contribution in [-0.4, -0.2) is 31.7 Å². The molecule has 2 aliphatic rings. The summed E-state index contributed by atoms with van der Waals surface area (Å²) in [4.78, 5) is 12.4. The number of hydrogen-bond donors (Lipinski definition) is 0. The molecule has 1 aromatic rings. The Balaban J connectivity index is 1.80. The van der Waals surface area contributed by atoms with Crippen LogP contribution in [0.4, 0.5) is 0 Å². The van der Waals surface area contributed by atoms with Gasteiger partial charge in [-0.3, -0.25) is 4.79 Å². The number of fused-ring (bicyclic) bond motifs is 1. The molecule has 3 rings (SSSR count). The normalized spacial score (nSPS) is 22.6. The monoisotopic (exact) mass is 262 g/mol. The molecule has 2 heterocycles. The number of carbonyl (C=O) groups is 1. The molecule has 102 valence electrons. The van der Waals surface area contributed by atoms with Crippen molar-refractivity contribution in [3.05, 3.63) is 23.8 Å². The molecule has 4 heteroatoms. The van der Waals surface area contributed by atoms with Crippen molar-refractivity contribution >= 4 is 5.78 Å². The topological polar surface area (TPSA) is 44.8 Å². The molecule has 1 fully saturated rings. The second-order valence-electron chi connectivity index (χ2n) is 4.93. The molecule has 0 spiro atoms. The maximum atomic E-state index is 12.4. The third-order valence-corrected chi connectivity index (χ3v) is 3.50. The average molecular weight is 262 g/mol. The number of benzene rings is 1. The van der Waals surface area contributed by atoms with Crippen LogP contribution in [-0.2, 0) is 4.74 Å². The van der Waals surface area contributed by atoms with Gasteiger partial charge in [-0.25, -0.2) is 0 Å². The largest absolute Gasteiger partial charge is 0.490 e. The number of hydrogen-bond acceptors (Lipinski definition) is 4. The lowest BCUT2D eigenvalue weighted by atomic mass is 9.99. The summed E-state index contributed by atoms with van der Waals surface area (Å²) >= 11 is 0. The van der Waals surface area contributed by atoms with E-state index in [9.17, 15) is 4.79 Å². The summed E-state index contributed by atoms with van der Waals surface area (Å²) in [6, 6.07) is 5.39. The predicted octanol–water partition coefficient (Wildman–Crippen LogP) is 2.60. The summed E-state index contributed by atoms with van der Waals surface area (Å²) < 4.78 is 16.7. The summed E-state index contributed by atoms with van der Waals surface area (Å²) in [5.74, 6) is 1.44. The quantitative estimate of drug-likeness (QED) is 0.768. The van der Waals surface area contributed by atoms with Crippen LogP contribution >= 0.6 is 0 Å². The van der Waals surface area contributed by atoms with Crippen molar-refractivity contribution in [1.82, 2.24) is 0 Å². The lowest BCUT2D eigenvalue weighted by Crippen LogP contribution is -2.28. The van der Waals surface area contributed by atoms with Gasteiger partial charge in [-0.2, -0.15) is 0 Å². The SMILES string of the molecule is O=C(c1ccc2c(c1)OCCCO2)C1CCCCO1. The first-order chi connectivity index (χ1) is 9.34. The van der Waals surface area contributed by atoms with Crippen molar-refractivity contribution in [1.29, 1.82) is 0 Å². The molecular formula is C15H18O4. The fourth-order valence-electron chi connectivity index (χ4n) is 2.45. The van der Waals surface area contributed by atoms with Gasteiger partial charge in [-0.05, 0) is 37.5 Å². The Morgan fingerprint density at radius 3 is 2.63 bits per heavy atom. The van der Waals surface area contributed by atoms with Crippen molar-refractivity contribution in [2.75, 3.05) is 19.8 Å². The van der Waals surface area contributed by atoms with Gasteiger partial charge >= 0.3 is 0 Å². The molecule has 4 nitrogen and oxygen atoms in total. The molecule has 0 bridgehead atoms. The van der Waals surface area contributed by atoms with E-state index in [0.29, 0.717) is 31.1 Å². The minimum Gasteiger partial charge on any atom is -0.490 e. The Kier molecular flexibility index (Phi) is 3.69. The van der Waals surface area contributed by atoms with E-state index in [4.69, 9.17) is 14.2 Å². The number of carbonyl (C=O) groups excluding carboxylic acids is 1. The van der Waals surface area contributed by atoms with Crippen molar-refractivity contribution in [2.45, 2.75) is 31.8 Å². The van der Waals surface area contributed by atoms with Crippen molar-refractivity contribution in [3.63, 3.8) is 0 Å². The van der Waals surface area contributed by atoms with E-state index in [1.54, 1.807) is 12.1 Å². The van der Waals surface area contributed by atoms with Crippen LogP contribution in [0.25, 0.3) is 0 Å². The van der Waals surface area contributed by atoms with Crippen LogP contribution in [0.1, 0.15) is 36.0 Å². The van der Waals surface area contributed by atoms with Crippen LogP contribution in [0.5, 0.6) is 11.5 Å². The number of rotatable bonds is 2. The Morgan fingerprint density at radius 1 is 1.00 bits per heavy atom. The van der Waals surface area contributed by atoms with Crippen LogP contribution in [0.15, 0.2) is 18.2 Å². The van der Waals surface area contributed by atoms with Crippen LogP contribution in [0.3, 0.4) is 0 Å². The van der Waals surface area contributed by atoms with Gasteiger partial charge in [0.05, 0.1) is 13.2 Å². The number of ether oxygens (including phenoxy) is 3. The molecule has 0 N–H and O–H groups in total. The highest BCUT2D eigenvalue weighted by molar-refractivity contribution is 6.00. The lowest BCUT2D eigenvalue weighted by Gasteiger charge is -2.21. The Bertz CT molecular complexity index is 463. The van der Waals surface area contributed by atoms with E-state index in [0.717, 1.165) is 31.4 Å². The molecule has 1 atom stereocenters. The van der Waals surface area contributed by atoms with Crippen LogP contribution in [0, 0.1) is 0 Å². The Hall–Kier alpha value is -1.55. The predicted molar refractivity (Wildman–Crippen MR) is 70.0 cm³/mol. The first kappa shape index (κ1) is 12.5. The van der Waals surface area contributed by atoms with Gasteiger partial charge in [0.1, 0.15) is 6.10 Å². The number of ketones is 1. The molecule has 0 amide bonds. The molecule has 1 saturated heterocycles. The zero-order chi connectivity index (χ0) is 13.1. The van der Waals surface area contributed by atoms with Crippen molar-refractivity contribution in [3.8, 4) is 11.5 Å². The van der Waals surface area contributed by atoms with Gasteiger partial charge in [-0.1, -0.05) is 0 Å². The third-order valence-electron chi connectivity index (χ3n) is 3.50. The van der Waals surface area contributed by atoms with Crippen molar-refractivity contribution < 1.29 is 19.0 Å². The maximum absolute atomic E-state index is 12.4. The minimum atomic E-state index is -0.293. The van der Waals surface area contributed by atoms with Crippen LogP contribution in [0.2, 0.25) is 0 Å². The van der Waals surface area contributed by atoms with Gasteiger partial charge in [0.2, 0.25) is 0 Å². The standard InChI is InChI=1S/C15H18O4/c16-15(13-4-1-2-7-18-13)11-5-6-12-14(10-11)19-9-3-8-17-12/h5-6,10,13H,1-4,7-9H2. The first-order valence-electron chi connectivity index (χ1n) is 6.90. The Morgan fingerprint density at radius 2 is 1.84 bits per heavy atom. The maximum Gasteiger partial charge on any atom is 0.191 e. The molecule has 0 aromatic heterocycles. The summed E-state index contributed by atoms with van der Waals surface area (Å²) in [6.07, 6.45) is 3.49. The third kappa shape index (κ3) is 2.73. The first-order valence-corrected chi connectivity index (χ1v) is 6.90. The molecule has 0 aliphatic carbocycles. The molecule has 1 unspecified atom stereocenters. The van der Waals surface area contributed by atoms with Gasteiger partial charge in [0, 0.05) is 18.6 Å². The Labute approximate surface area is 112 Å². The number of Topliss-reactive ketones (excluding diaryl/α,β-unsaturated/α-hetero) is 1. The second kappa shape index (κ2) is 5.61. The molecule has 2 aliphatic heterocycles. The second-order valence-corrected chi connectivity index (χ2v) is 4.93. The van der Waals surface area contributed by atoms with E-state index in [2.05, 4.69) is 0 Å². The van der Waals surface area contributed by atoms with E-state index >= 15 is 0 Å².